The molecular weight excluding hydrogens is 502 g/mol. The SMILES string of the molecule is CCOC(=O)N1CCN(c2c(/C=C3\SC(=S)N(C[C@H]4CCCO4)C3=O)c(C)c(C#N)c(=O)n2C)CC1. The quantitative estimate of drug-likeness (QED) is 0.417. The van der Waals surface area contributed by atoms with Crippen molar-refractivity contribution in [2.24, 2.45) is 7.05 Å². The molecule has 1 aromatic rings. The summed E-state index contributed by atoms with van der Waals surface area (Å²) in [5.74, 6) is 0.398. The van der Waals surface area contributed by atoms with Gasteiger partial charge in [-0.25, -0.2) is 4.79 Å². The first-order chi connectivity index (χ1) is 17.3. The van der Waals surface area contributed by atoms with E-state index >= 15 is 0 Å². The monoisotopic (exact) mass is 531 g/mol. The number of rotatable bonds is 5. The Morgan fingerprint density at radius 1 is 1.31 bits per heavy atom. The van der Waals surface area contributed by atoms with Crippen LogP contribution < -0.4 is 10.5 Å². The van der Waals surface area contributed by atoms with E-state index in [9.17, 15) is 19.6 Å². The Balaban J connectivity index is 1.68. The predicted molar refractivity (Wildman–Crippen MR) is 141 cm³/mol. The van der Waals surface area contributed by atoms with Crippen molar-refractivity contribution in [3.63, 3.8) is 0 Å². The van der Waals surface area contributed by atoms with Crippen molar-refractivity contribution in [2.75, 3.05) is 50.8 Å². The lowest BCUT2D eigenvalue weighted by molar-refractivity contribution is -0.123. The number of anilines is 1. The van der Waals surface area contributed by atoms with Crippen molar-refractivity contribution >= 4 is 52.2 Å². The van der Waals surface area contributed by atoms with Gasteiger partial charge in [-0.05, 0) is 38.3 Å². The van der Waals surface area contributed by atoms with Gasteiger partial charge in [0.05, 0.1) is 24.2 Å². The summed E-state index contributed by atoms with van der Waals surface area (Å²) in [6.07, 6.45) is 3.21. The molecule has 3 aliphatic heterocycles. The van der Waals surface area contributed by atoms with Crippen LogP contribution in [-0.2, 0) is 21.3 Å². The number of nitrogens with zero attached hydrogens (tertiary/aromatic N) is 5. The van der Waals surface area contributed by atoms with Gasteiger partial charge >= 0.3 is 6.09 Å². The van der Waals surface area contributed by atoms with Gasteiger partial charge in [-0.3, -0.25) is 19.1 Å². The van der Waals surface area contributed by atoms with Crippen molar-refractivity contribution < 1.29 is 19.1 Å². The predicted octanol–water partition coefficient (Wildman–Crippen LogP) is 2.22. The minimum atomic E-state index is -0.402. The number of aromatic nitrogens is 1. The Labute approximate surface area is 219 Å². The minimum absolute atomic E-state index is 0.0254. The van der Waals surface area contributed by atoms with Crippen LogP contribution in [0.4, 0.5) is 10.6 Å². The van der Waals surface area contributed by atoms with E-state index in [1.807, 2.05) is 11.0 Å². The molecule has 192 valence electrons. The number of piperazine rings is 1. The summed E-state index contributed by atoms with van der Waals surface area (Å²) in [5, 5.41) is 9.68. The molecule has 1 aromatic heterocycles. The number of hydrogen-bond acceptors (Lipinski definition) is 9. The lowest BCUT2D eigenvalue weighted by Crippen LogP contribution is -2.50. The fraction of sp³-hybridized carbons (Fsp3) is 0.542. The largest absolute Gasteiger partial charge is 0.450 e. The van der Waals surface area contributed by atoms with Crippen LogP contribution in [-0.4, -0.2) is 82.7 Å². The van der Waals surface area contributed by atoms with Gasteiger partial charge in [0.15, 0.2) is 0 Å². The second-order valence-corrected chi connectivity index (χ2v) is 10.5. The van der Waals surface area contributed by atoms with Crippen LogP contribution in [0.15, 0.2) is 9.70 Å². The zero-order chi connectivity index (χ0) is 26.0. The normalized spacial score (nSPS) is 21.4. The van der Waals surface area contributed by atoms with Crippen LogP contribution in [0.5, 0.6) is 0 Å². The number of carbonyl (C=O) groups excluding carboxylic acids is 2. The van der Waals surface area contributed by atoms with Crippen LogP contribution in [0.3, 0.4) is 0 Å². The molecule has 1 atom stereocenters. The molecule has 0 aromatic carbocycles. The number of pyridine rings is 1. The molecule has 10 nitrogen and oxygen atoms in total. The maximum Gasteiger partial charge on any atom is 0.409 e. The molecule has 3 aliphatic rings. The molecule has 0 unspecified atom stereocenters. The molecule has 0 N–H and O–H groups in total. The van der Waals surface area contributed by atoms with Crippen molar-refractivity contribution in [3.05, 3.63) is 31.9 Å². The van der Waals surface area contributed by atoms with Crippen molar-refractivity contribution in [1.29, 1.82) is 5.26 Å². The summed E-state index contributed by atoms with van der Waals surface area (Å²) in [7, 11) is 1.62. The van der Waals surface area contributed by atoms with E-state index in [2.05, 4.69) is 0 Å². The number of thiocarbonyl (C=S) groups is 1. The summed E-state index contributed by atoms with van der Waals surface area (Å²) < 4.78 is 12.7. The molecule has 12 heteroatoms. The summed E-state index contributed by atoms with van der Waals surface area (Å²) in [5.41, 5.74) is 0.761. The van der Waals surface area contributed by atoms with Crippen LogP contribution in [0.1, 0.15) is 36.5 Å². The van der Waals surface area contributed by atoms with Gasteiger partial charge in [0.2, 0.25) is 0 Å². The third kappa shape index (κ3) is 5.00. The summed E-state index contributed by atoms with van der Waals surface area (Å²) >= 11 is 6.71. The number of thioether (sulfide) groups is 1. The molecule has 0 aliphatic carbocycles. The van der Waals surface area contributed by atoms with E-state index < -0.39 is 5.56 Å². The van der Waals surface area contributed by atoms with Gasteiger partial charge in [0.25, 0.3) is 11.5 Å². The smallest absolute Gasteiger partial charge is 0.409 e. The maximum absolute atomic E-state index is 13.3. The van der Waals surface area contributed by atoms with Gasteiger partial charge in [-0.1, -0.05) is 24.0 Å². The van der Waals surface area contributed by atoms with Crippen LogP contribution in [0, 0.1) is 18.3 Å². The lowest BCUT2D eigenvalue weighted by Gasteiger charge is -2.37. The van der Waals surface area contributed by atoms with Crippen molar-refractivity contribution in [2.45, 2.75) is 32.8 Å². The summed E-state index contributed by atoms with van der Waals surface area (Å²) in [6.45, 7) is 6.69. The highest BCUT2D eigenvalue weighted by atomic mass is 32.2. The Morgan fingerprint density at radius 3 is 2.64 bits per heavy atom. The molecule has 0 saturated carbocycles. The Morgan fingerprint density at radius 2 is 2.03 bits per heavy atom. The number of carbonyl (C=O) groups is 2. The molecule has 36 heavy (non-hydrogen) atoms. The standard InChI is InChI=1S/C24H29N5O5S2/c1-4-33-23(32)28-9-7-27(8-10-28)20-17(15(2)18(13-25)21(30)26(20)3)12-19-22(31)29(24(35)36-19)14-16-6-5-11-34-16/h12,16H,4-11,14H2,1-3H3/b19-12-/t16-/m1/s1. The molecule has 3 saturated heterocycles. The average Bonchev–Trinajstić information content (AvgIpc) is 3.47. The number of nitriles is 1. The molecule has 0 radical (unpaired) electrons. The highest BCUT2D eigenvalue weighted by Crippen LogP contribution is 2.36. The first kappa shape index (κ1) is 26.2. The second kappa shape index (κ2) is 11.0. The summed E-state index contributed by atoms with van der Waals surface area (Å²) in [6, 6.07) is 2.02. The fourth-order valence-corrected chi connectivity index (χ4v) is 5.95. The first-order valence-corrected chi connectivity index (χ1v) is 13.2. The van der Waals surface area contributed by atoms with Gasteiger partial charge in [0, 0.05) is 45.4 Å². The van der Waals surface area contributed by atoms with Crippen molar-refractivity contribution in [1.82, 2.24) is 14.4 Å². The van der Waals surface area contributed by atoms with E-state index in [1.54, 1.807) is 36.8 Å². The van der Waals surface area contributed by atoms with Gasteiger partial charge in [0.1, 0.15) is 21.8 Å². The Hall–Kier alpha value is -2.88. The third-order valence-corrected chi connectivity index (χ3v) is 8.01. The van der Waals surface area contributed by atoms with Crippen LogP contribution in [0.25, 0.3) is 6.08 Å². The maximum atomic E-state index is 13.3. The lowest BCUT2D eigenvalue weighted by atomic mass is 10.0. The van der Waals surface area contributed by atoms with Gasteiger partial charge in [-0.15, -0.1) is 0 Å². The average molecular weight is 532 g/mol. The fourth-order valence-electron chi connectivity index (χ4n) is 4.69. The van der Waals surface area contributed by atoms with E-state index in [-0.39, 0.29) is 23.7 Å². The number of amides is 2. The molecule has 0 spiro atoms. The molecule has 4 heterocycles. The van der Waals surface area contributed by atoms with Gasteiger partial charge < -0.3 is 19.3 Å². The highest BCUT2D eigenvalue weighted by Gasteiger charge is 2.35. The zero-order valence-corrected chi connectivity index (χ0v) is 22.2. The van der Waals surface area contributed by atoms with Crippen LogP contribution >= 0.6 is 24.0 Å². The molecule has 4 rings (SSSR count). The van der Waals surface area contributed by atoms with E-state index in [4.69, 9.17) is 21.7 Å². The Kier molecular flexibility index (Phi) is 8.02. The van der Waals surface area contributed by atoms with E-state index in [1.165, 1.54) is 16.3 Å². The molecule has 2 amide bonds. The first-order valence-electron chi connectivity index (χ1n) is 11.9. The van der Waals surface area contributed by atoms with Gasteiger partial charge in [-0.2, -0.15) is 5.26 Å². The molecule has 0 bridgehead atoms. The topological polar surface area (TPSA) is 108 Å². The molecular formula is C24H29N5O5S2. The minimum Gasteiger partial charge on any atom is -0.450 e. The van der Waals surface area contributed by atoms with Crippen LogP contribution in [0.2, 0.25) is 0 Å². The number of ether oxygens (including phenoxy) is 2. The molecule has 3 fully saturated rings. The zero-order valence-electron chi connectivity index (χ0n) is 20.6. The summed E-state index contributed by atoms with van der Waals surface area (Å²) in [4.78, 5) is 44.0. The third-order valence-electron chi connectivity index (χ3n) is 6.63. The highest BCUT2D eigenvalue weighted by molar-refractivity contribution is 8.26. The van der Waals surface area contributed by atoms with E-state index in [0.29, 0.717) is 72.1 Å². The van der Waals surface area contributed by atoms with Crippen molar-refractivity contribution in [3.8, 4) is 6.07 Å². The Bertz CT molecular complexity index is 1210. The van der Waals surface area contributed by atoms with E-state index in [0.717, 1.165) is 12.8 Å². The second-order valence-electron chi connectivity index (χ2n) is 8.81. The number of hydrogen-bond donors (Lipinski definition) is 0.